The monoisotopic (exact) mass is 457 g/mol. The first-order valence-corrected chi connectivity index (χ1v) is 11.0. The zero-order valence-electron chi connectivity index (χ0n) is 18.1. The topological polar surface area (TPSA) is 117 Å². The summed E-state index contributed by atoms with van der Waals surface area (Å²) in [6.07, 6.45) is 0. The zero-order chi connectivity index (χ0) is 23.4. The Hall–Kier alpha value is -3.53. The highest BCUT2D eigenvalue weighted by atomic mass is 32.1. The molecule has 0 bridgehead atoms. The van der Waals surface area contributed by atoms with Crippen molar-refractivity contribution in [3.05, 3.63) is 51.3 Å². The molecule has 32 heavy (non-hydrogen) atoms. The van der Waals surface area contributed by atoms with Gasteiger partial charge in [0, 0.05) is 10.8 Å². The molecule has 1 aromatic carbocycles. The van der Waals surface area contributed by atoms with Crippen molar-refractivity contribution in [3.8, 4) is 5.69 Å². The number of aromatic nitrogens is 2. The van der Waals surface area contributed by atoms with Gasteiger partial charge in [0.25, 0.3) is 5.56 Å². The van der Waals surface area contributed by atoms with Crippen LogP contribution < -0.4 is 10.9 Å². The largest absolute Gasteiger partial charge is 0.461 e. The number of carbonyl (C=O) groups is 3. The van der Waals surface area contributed by atoms with Gasteiger partial charge in [-0.1, -0.05) is 26.0 Å². The Kier molecular flexibility index (Phi) is 7.04. The second kappa shape index (κ2) is 9.73. The third-order valence-electron chi connectivity index (χ3n) is 4.61. The molecule has 1 N–H and O–H groups in total. The molecule has 0 radical (unpaired) electrons. The summed E-state index contributed by atoms with van der Waals surface area (Å²) in [6.45, 7) is 7.50. The van der Waals surface area contributed by atoms with E-state index in [1.54, 1.807) is 26.0 Å². The summed E-state index contributed by atoms with van der Waals surface area (Å²) in [5.41, 5.74) is 0.903. The van der Waals surface area contributed by atoms with Crippen LogP contribution in [0.1, 0.15) is 49.7 Å². The number of ether oxygens (including phenoxy) is 2. The predicted octanol–water partition coefficient (Wildman–Crippen LogP) is 3.25. The number of nitrogens with zero attached hydrogens (tertiary/aromatic N) is 2. The number of amides is 1. The maximum atomic E-state index is 13.3. The Labute approximate surface area is 188 Å². The van der Waals surface area contributed by atoms with Gasteiger partial charge in [-0.2, -0.15) is 9.78 Å². The van der Waals surface area contributed by atoms with E-state index in [9.17, 15) is 19.2 Å². The molecule has 0 aliphatic heterocycles. The molecular weight excluding hydrogens is 434 g/mol. The SMILES string of the molecule is CCOC(=O)C(=O)Nc1scc2c(C(=O)OCC)nn(-c3ccc(C(C)C)cc3)c(=O)c12. The first-order valence-electron chi connectivity index (χ1n) is 10.1. The highest BCUT2D eigenvalue weighted by Gasteiger charge is 2.24. The van der Waals surface area contributed by atoms with Gasteiger partial charge >= 0.3 is 17.8 Å². The number of rotatable bonds is 6. The smallest absolute Gasteiger partial charge is 0.397 e. The third-order valence-corrected chi connectivity index (χ3v) is 5.51. The van der Waals surface area contributed by atoms with Crippen LogP contribution in [0.3, 0.4) is 0 Å². The number of nitrogens with one attached hydrogen (secondary N) is 1. The number of anilines is 1. The summed E-state index contributed by atoms with van der Waals surface area (Å²) in [5, 5.41) is 8.57. The van der Waals surface area contributed by atoms with Crippen LogP contribution in [0.2, 0.25) is 0 Å². The fraction of sp³-hybridized carbons (Fsp3) is 0.318. The summed E-state index contributed by atoms with van der Waals surface area (Å²) in [6, 6.07) is 7.21. The van der Waals surface area contributed by atoms with Crippen LogP contribution in [-0.4, -0.2) is 40.8 Å². The highest BCUT2D eigenvalue weighted by molar-refractivity contribution is 7.16. The lowest BCUT2D eigenvalue weighted by Crippen LogP contribution is -2.27. The fourth-order valence-electron chi connectivity index (χ4n) is 3.02. The number of hydrogen-bond donors (Lipinski definition) is 1. The molecular formula is C22H23N3O6S. The van der Waals surface area contributed by atoms with Gasteiger partial charge in [-0.05, 0) is 37.5 Å². The van der Waals surface area contributed by atoms with E-state index in [0.29, 0.717) is 11.6 Å². The lowest BCUT2D eigenvalue weighted by molar-refractivity contribution is -0.152. The first-order chi connectivity index (χ1) is 15.3. The molecule has 0 unspecified atom stereocenters. The fourth-order valence-corrected chi connectivity index (χ4v) is 3.95. The van der Waals surface area contributed by atoms with Crippen molar-refractivity contribution in [3.63, 3.8) is 0 Å². The normalized spacial score (nSPS) is 10.9. The molecule has 1 amide bonds. The number of carbonyl (C=O) groups excluding carboxylic acids is 3. The average Bonchev–Trinajstić information content (AvgIpc) is 3.18. The summed E-state index contributed by atoms with van der Waals surface area (Å²) >= 11 is 1.000. The Morgan fingerprint density at radius 3 is 2.34 bits per heavy atom. The molecule has 0 aliphatic rings. The maximum Gasteiger partial charge on any atom is 0.397 e. The molecule has 0 aliphatic carbocycles. The number of thiophene rings is 1. The minimum absolute atomic E-state index is 0.0353. The molecule has 10 heteroatoms. The van der Waals surface area contributed by atoms with Gasteiger partial charge in [0.15, 0.2) is 5.69 Å². The minimum Gasteiger partial charge on any atom is -0.461 e. The maximum absolute atomic E-state index is 13.3. The summed E-state index contributed by atoms with van der Waals surface area (Å²) in [5.74, 6) is -2.49. The molecule has 2 heterocycles. The van der Waals surface area contributed by atoms with Crippen molar-refractivity contribution < 1.29 is 23.9 Å². The molecule has 0 spiro atoms. The Balaban J connectivity index is 2.18. The van der Waals surface area contributed by atoms with E-state index >= 15 is 0 Å². The summed E-state index contributed by atoms with van der Waals surface area (Å²) in [4.78, 5) is 49.8. The second-order valence-corrected chi connectivity index (χ2v) is 7.94. The van der Waals surface area contributed by atoms with Crippen molar-refractivity contribution >= 4 is 45.0 Å². The van der Waals surface area contributed by atoms with Crippen molar-refractivity contribution in [1.29, 1.82) is 0 Å². The first kappa shape index (κ1) is 23.1. The van der Waals surface area contributed by atoms with Crippen molar-refractivity contribution in [2.24, 2.45) is 0 Å². The van der Waals surface area contributed by atoms with Gasteiger partial charge in [-0.25, -0.2) is 9.59 Å². The Morgan fingerprint density at radius 1 is 1.09 bits per heavy atom. The van der Waals surface area contributed by atoms with Gasteiger partial charge < -0.3 is 14.8 Å². The number of benzene rings is 1. The molecule has 2 aromatic heterocycles. The molecule has 9 nitrogen and oxygen atoms in total. The molecule has 3 rings (SSSR count). The van der Waals surface area contributed by atoms with Crippen LogP contribution in [-0.2, 0) is 19.1 Å². The Morgan fingerprint density at radius 2 is 1.75 bits per heavy atom. The molecule has 0 atom stereocenters. The van der Waals surface area contributed by atoms with Crippen molar-refractivity contribution in [2.75, 3.05) is 18.5 Å². The van der Waals surface area contributed by atoms with E-state index in [1.807, 2.05) is 26.0 Å². The minimum atomic E-state index is -1.07. The summed E-state index contributed by atoms with van der Waals surface area (Å²) < 4.78 is 10.9. The second-order valence-electron chi connectivity index (χ2n) is 7.06. The van der Waals surface area contributed by atoms with Gasteiger partial charge in [0.05, 0.1) is 24.3 Å². The van der Waals surface area contributed by atoms with Crippen LogP contribution in [0, 0.1) is 0 Å². The lowest BCUT2D eigenvalue weighted by atomic mass is 10.0. The van der Waals surface area contributed by atoms with Crippen molar-refractivity contribution in [1.82, 2.24) is 9.78 Å². The van der Waals surface area contributed by atoms with E-state index < -0.39 is 23.4 Å². The number of fused-ring (bicyclic) bond motifs is 1. The van der Waals surface area contributed by atoms with E-state index in [4.69, 9.17) is 9.47 Å². The van der Waals surface area contributed by atoms with Crippen LogP contribution in [0.4, 0.5) is 5.00 Å². The number of esters is 2. The molecule has 0 fully saturated rings. The van der Waals surface area contributed by atoms with Crippen LogP contribution in [0.5, 0.6) is 0 Å². The summed E-state index contributed by atoms with van der Waals surface area (Å²) in [7, 11) is 0. The van der Waals surface area contributed by atoms with Crippen LogP contribution in [0.15, 0.2) is 34.4 Å². The van der Waals surface area contributed by atoms with Crippen LogP contribution >= 0.6 is 11.3 Å². The average molecular weight is 458 g/mol. The molecule has 0 saturated heterocycles. The zero-order valence-corrected chi connectivity index (χ0v) is 18.9. The van der Waals surface area contributed by atoms with E-state index in [2.05, 4.69) is 10.4 Å². The quantitative estimate of drug-likeness (QED) is 0.446. The highest BCUT2D eigenvalue weighted by Crippen LogP contribution is 2.30. The number of hydrogen-bond acceptors (Lipinski definition) is 8. The van der Waals surface area contributed by atoms with Crippen molar-refractivity contribution in [2.45, 2.75) is 33.6 Å². The van der Waals surface area contributed by atoms with E-state index in [0.717, 1.165) is 21.6 Å². The van der Waals surface area contributed by atoms with E-state index in [-0.39, 0.29) is 34.7 Å². The lowest BCUT2D eigenvalue weighted by Gasteiger charge is -2.11. The van der Waals surface area contributed by atoms with Crippen LogP contribution in [0.25, 0.3) is 16.5 Å². The molecule has 0 saturated carbocycles. The van der Waals surface area contributed by atoms with Gasteiger partial charge in [0.2, 0.25) is 0 Å². The van der Waals surface area contributed by atoms with Gasteiger partial charge in [-0.15, -0.1) is 11.3 Å². The third kappa shape index (κ3) is 4.54. The van der Waals surface area contributed by atoms with Gasteiger partial charge in [-0.3, -0.25) is 9.59 Å². The predicted molar refractivity (Wildman–Crippen MR) is 121 cm³/mol. The molecule has 168 valence electrons. The van der Waals surface area contributed by atoms with Gasteiger partial charge in [0.1, 0.15) is 5.00 Å². The molecule has 3 aromatic rings. The standard InChI is InChI=1S/C22H23N3O6S/c1-5-30-21(28)17-15-11-32-19(23-18(26)22(29)31-6-2)16(15)20(27)25(24-17)14-9-7-13(8-10-14)12(3)4/h7-12H,5-6H2,1-4H3,(H,23,26). The van der Waals surface area contributed by atoms with E-state index in [1.165, 1.54) is 5.38 Å². The Bertz CT molecular complexity index is 1230.